The van der Waals surface area contributed by atoms with Gasteiger partial charge in [0.2, 0.25) is 5.88 Å². The predicted molar refractivity (Wildman–Crippen MR) is 55.5 cm³/mol. The largest absolute Gasteiger partial charge is 0.574 e. The lowest BCUT2D eigenvalue weighted by atomic mass is 10.3. The summed E-state index contributed by atoms with van der Waals surface area (Å²) >= 11 is 6.47. The van der Waals surface area contributed by atoms with Gasteiger partial charge in [-0.2, -0.15) is 0 Å². The maximum Gasteiger partial charge on any atom is 0.574 e. The molecule has 88 valence electrons. The summed E-state index contributed by atoms with van der Waals surface area (Å²) in [5.41, 5.74) is -0.693. The number of carbonyl (C=O) groups excluding carboxylic acids is 1. The van der Waals surface area contributed by atoms with Crippen LogP contribution in [0.4, 0.5) is 13.2 Å². The molecule has 1 heterocycles. The minimum absolute atomic E-state index is 0.103. The third-order valence-corrected chi connectivity index (χ3v) is 2.27. The van der Waals surface area contributed by atoms with E-state index in [1.165, 1.54) is 22.6 Å². The normalized spacial score (nSPS) is 11.3. The molecular formula is C7H2ClF3INO3. The van der Waals surface area contributed by atoms with Crippen LogP contribution in [-0.2, 0) is 0 Å². The van der Waals surface area contributed by atoms with Crippen LogP contribution in [0.1, 0.15) is 10.5 Å². The van der Waals surface area contributed by atoms with E-state index in [-0.39, 0.29) is 3.57 Å². The summed E-state index contributed by atoms with van der Waals surface area (Å²) < 4.78 is 39.2. The highest BCUT2D eigenvalue weighted by Gasteiger charge is 2.33. The number of aromatic hydroxyl groups is 1. The number of hydrogen-bond acceptors (Lipinski definition) is 4. The molecule has 0 aliphatic carbocycles. The minimum atomic E-state index is -4.93. The van der Waals surface area contributed by atoms with Crippen LogP contribution in [0.2, 0.25) is 0 Å². The molecule has 16 heavy (non-hydrogen) atoms. The molecule has 0 atom stereocenters. The van der Waals surface area contributed by atoms with Crippen molar-refractivity contribution < 1.29 is 27.8 Å². The van der Waals surface area contributed by atoms with Gasteiger partial charge in [-0.1, -0.05) is 0 Å². The summed E-state index contributed by atoms with van der Waals surface area (Å²) in [6.45, 7) is 0. The first-order chi connectivity index (χ1) is 7.20. The Morgan fingerprint density at radius 2 is 2.12 bits per heavy atom. The van der Waals surface area contributed by atoms with Gasteiger partial charge in [-0.05, 0) is 34.2 Å². The molecule has 0 unspecified atom stereocenters. The van der Waals surface area contributed by atoms with Crippen molar-refractivity contribution in [3.8, 4) is 11.6 Å². The monoisotopic (exact) mass is 367 g/mol. The van der Waals surface area contributed by atoms with Crippen molar-refractivity contribution >= 4 is 39.4 Å². The highest BCUT2D eigenvalue weighted by molar-refractivity contribution is 14.1. The quantitative estimate of drug-likeness (QED) is 0.645. The number of halogens is 5. The predicted octanol–water partition coefficient (Wildman–Crippen LogP) is 2.67. The van der Waals surface area contributed by atoms with E-state index < -0.39 is 28.9 Å². The Hall–Kier alpha value is -0.770. The number of rotatable bonds is 2. The molecule has 4 nitrogen and oxygen atoms in total. The molecule has 0 aromatic carbocycles. The van der Waals surface area contributed by atoms with E-state index >= 15 is 0 Å². The zero-order chi connectivity index (χ0) is 12.5. The fraction of sp³-hybridized carbons (Fsp3) is 0.143. The van der Waals surface area contributed by atoms with Crippen molar-refractivity contribution in [1.82, 2.24) is 4.98 Å². The van der Waals surface area contributed by atoms with Crippen molar-refractivity contribution in [3.63, 3.8) is 0 Å². The zero-order valence-corrected chi connectivity index (χ0v) is 10.1. The van der Waals surface area contributed by atoms with E-state index in [1.807, 2.05) is 0 Å². The van der Waals surface area contributed by atoms with Crippen LogP contribution >= 0.6 is 34.2 Å². The van der Waals surface area contributed by atoms with Gasteiger partial charge in [-0.3, -0.25) is 4.79 Å². The molecule has 0 amide bonds. The van der Waals surface area contributed by atoms with E-state index in [9.17, 15) is 23.1 Å². The molecule has 1 aromatic heterocycles. The van der Waals surface area contributed by atoms with Gasteiger partial charge in [0, 0.05) is 6.07 Å². The van der Waals surface area contributed by atoms with Crippen LogP contribution in [0.25, 0.3) is 0 Å². The Morgan fingerprint density at radius 3 is 2.56 bits per heavy atom. The molecule has 0 bridgehead atoms. The van der Waals surface area contributed by atoms with Crippen LogP contribution in [0.3, 0.4) is 0 Å². The number of nitrogens with zero attached hydrogens (tertiary/aromatic N) is 1. The topological polar surface area (TPSA) is 59.4 Å². The van der Waals surface area contributed by atoms with E-state index in [0.29, 0.717) is 0 Å². The number of ether oxygens (including phenoxy) is 1. The van der Waals surface area contributed by atoms with Crippen LogP contribution in [0, 0.1) is 3.57 Å². The van der Waals surface area contributed by atoms with Gasteiger partial charge < -0.3 is 9.84 Å². The van der Waals surface area contributed by atoms with Crippen LogP contribution in [-0.4, -0.2) is 21.7 Å². The number of aromatic nitrogens is 1. The van der Waals surface area contributed by atoms with Crippen molar-refractivity contribution in [1.29, 1.82) is 0 Å². The van der Waals surface area contributed by atoms with E-state index in [4.69, 9.17) is 11.6 Å². The fourth-order valence-electron chi connectivity index (χ4n) is 0.788. The molecule has 0 saturated carbocycles. The molecule has 0 saturated heterocycles. The Balaban J connectivity index is 3.20. The molecule has 1 N–H and O–H groups in total. The molecule has 0 spiro atoms. The average Bonchev–Trinajstić information content (AvgIpc) is 2.07. The maximum absolute atomic E-state index is 11.9. The Bertz CT molecular complexity index is 438. The van der Waals surface area contributed by atoms with Gasteiger partial charge in [0.05, 0.1) is 3.57 Å². The summed E-state index contributed by atoms with van der Waals surface area (Å²) in [5.74, 6) is -1.45. The number of pyridine rings is 1. The first-order valence-electron chi connectivity index (χ1n) is 3.56. The second-order valence-electron chi connectivity index (χ2n) is 2.46. The maximum atomic E-state index is 11.9. The van der Waals surface area contributed by atoms with Crippen molar-refractivity contribution in [3.05, 3.63) is 15.3 Å². The van der Waals surface area contributed by atoms with E-state index in [0.717, 1.165) is 6.07 Å². The van der Waals surface area contributed by atoms with Gasteiger partial charge in [0.25, 0.3) is 5.24 Å². The number of hydrogen-bond donors (Lipinski definition) is 1. The van der Waals surface area contributed by atoms with Gasteiger partial charge >= 0.3 is 6.36 Å². The Kier molecular flexibility index (Phi) is 3.84. The molecule has 9 heteroatoms. The highest BCUT2D eigenvalue weighted by atomic mass is 127. The third-order valence-electron chi connectivity index (χ3n) is 1.32. The molecule has 0 aliphatic heterocycles. The van der Waals surface area contributed by atoms with E-state index in [2.05, 4.69) is 9.72 Å². The van der Waals surface area contributed by atoms with Gasteiger partial charge in [-0.25, -0.2) is 4.98 Å². The van der Waals surface area contributed by atoms with Gasteiger partial charge in [0.15, 0.2) is 5.69 Å². The lowest BCUT2D eigenvalue weighted by Crippen LogP contribution is -2.19. The zero-order valence-electron chi connectivity index (χ0n) is 7.18. The first-order valence-corrected chi connectivity index (χ1v) is 5.01. The molecule has 0 radical (unpaired) electrons. The van der Waals surface area contributed by atoms with Gasteiger partial charge in [0.1, 0.15) is 5.75 Å². The summed E-state index contributed by atoms with van der Waals surface area (Å²) in [7, 11) is 0. The van der Waals surface area contributed by atoms with Gasteiger partial charge in [-0.15, -0.1) is 13.2 Å². The highest BCUT2D eigenvalue weighted by Crippen LogP contribution is 2.30. The van der Waals surface area contributed by atoms with E-state index in [1.54, 1.807) is 0 Å². The second-order valence-corrected chi connectivity index (χ2v) is 3.97. The molecule has 0 fully saturated rings. The van der Waals surface area contributed by atoms with Crippen LogP contribution in [0.5, 0.6) is 11.6 Å². The standard InChI is InChI=1S/C7H2ClF3INO3/c8-5(15)4-3(14)1-2(12)6(13-4)16-7(9,10)11/h1,14H. The molecule has 0 aliphatic rings. The average molecular weight is 367 g/mol. The summed E-state index contributed by atoms with van der Waals surface area (Å²) in [5, 5.41) is 8.00. The summed E-state index contributed by atoms with van der Waals surface area (Å²) in [6, 6.07) is 0.893. The number of carbonyl (C=O) groups is 1. The first kappa shape index (κ1) is 13.3. The molecular weight excluding hydrogens is 365 g/mol. The SMILES string of the molecule is O=C(Cl)c1nc(OC(F)(F)F)c(I)cc1O. The Labute approximate surface area is 106 Å². The van der Waals surface area contributed by atoms with Crippen molar-refractivity contribution in [2.45, 2.75) is 6.36 Å². The minimum Gasteiger partial charge on any atom is -0.505 e. The fourth-order valence-corrected chi connectivity index (χ4v) is 1.45. The second kappa shape index (κ2) is 4.62. The number of alkyl halides is 3. The molecule has 1 aromatic rings. The van der Waals surface area contributed by atoms with Crippen LogP contribution < -0.4 is 4.74 Å². The third kappa shape index (κ3) is 3.37. The van der Waals surface area contributed by atoms with Crippen molar-refractivity contribution in [2.75, 3.05) is 0 Å². The molecule has 1 rings (SSSR count). The summed E-state index contributed by atoms with van der Waals surface area (Å²) in [4.78, 5) is 13.9. The Morgan fingerprint density at radius 1 is 1.56 bits per heavy atom. The lowest BCUT2D eigenvalue weighted by Gasteiger charge is -2.10. The summed E-state index contributed by atoms with van der Waals surface area (Å²) in [6.07, 6.45) is -4.93. The smallest absolute Gasteiger partial charge is 0.505 e. The van der Waals surface area contributed by atoms with Crippen molar-refractivity contribution in [2.24, 2.45) is 0 Å². The lowest BCUT2D eigenvalue weighted by molar-refractivity contribution is -0.276. The van der Waals surface area contributed by atoms with Crippen LogP contribution in [0.15, 0.2) is 6.07 Å².